The highest BCUT2D eigenvalue weighted by Crippen LogP contribution is 2.29. The van der Waals surface area contributed by atoms with Crippen LogP contribution in [0.25, 0.3) is 11.4 Å². The molecule has 1 aromatic carbocycles. The summed E-state index contributed by atoms with van der Waals surface area (Å²) in [5.41, 5.74) is 0.928. The molecule has 0 saturated heterocycles. The maximum atomic E-state index is 5.26. The number of benzene rings is 1. The first kappa shape index (κ1) is 12.4. The highest BCUT2D eigenvalue weighted by atomic mass is 16.5. The van der Waals surface area contributed by atoms with Crippen molar-refractivity contribution in [2.45, 2.75) is 19.9 Å². The minimum absolute atomic E-state index is 0.298. The van der Waals surface area contributed by atoms with Gasteiger partial charge in [-0.3, -0.25) is 0 Å². The molecule has 0 bridgehead atoms. The summed E-state index contributed by atoms with van der Waals surface area (Å²) in [6.07, 6.45) is 1.73. The molecular weight excluding hydrogens is 230 g/mol. The fourth-order valence-corrected chi connectivity index (χ4v) is 1.76. The van der Waals surface area contributed by atoms with E-state index in [0.29, 0.717) is 6.04 Å². The molecule has 0 spiro atoms. The van der Waals surface area contributed by atoms with Gasteiger partial charge in [-0.2, -0.15) is 0 Å². The molecule has 0 aliphatic rings. The fourth-order valence-electron chi connectivity index (χ4n) is 1.76. The minimum Gasteiger partial charge on any atom is -0.497 e. The van der Waals surface area contributed by atoms with E-state index >= 15 is 0 Å². The molecule has 5 nitrogen and oxygen atoms in total. The first-order valence-corrected chi connectivity index (χ1v) is 5.78. The molecule has 0 aliphatic carbocycles. The Morgan fingerprint density at radius 3 is 2.17 bits per heavy atom. The predicted octanol–water partition coefficient (Wildman–Crippen LogP) is 2.54. The summed E-state index contributed by atoms with van der Waals surface area (Å²) in [5.74, 6) is 2.28. The van der Waals surface area contributed by atoms with Crippen LogP contribution in [0.5, 0.6) is 11.5 Å². The number of hydrogen-bond acceptors (Lipinski definition) is 4. The summed E-state index contributed by atoms with van der Waals surface area (Å²) in [7, 11) is 3.26. The summed E-state index contributed by atoms with van der Waals surface area (Å²) in [5, 5.41) is 8.12. The van der Waals surface area contributed by atoms with Gasteiger partial charge in [-0.15, -0.1) is 10.2 Å². The second-order valence-corrected chi connectivity index (χ2v) is 4.26. The van der Waals surface area contributed by atoms with E-state index < -0.39 is 0 Å². The number of ether oxygens (including phenoxy) is 2. The Morgan fingerprint density at radius 2 is 1.67 bits per heavy atom. The van der Waals surface area contributed by atoms with E-state index in [1.54, 1.807) is 20.5 Å². The van der Waals surface area contributed by atoms with Crippen molar-refractivity contribution in [2.24, 2.45) is 0 Å². The molecule has 18 heavy (non-hydrogen) atoms. The summed E-state index contributed by atoms with van der Waals surface area (Å²) in [4.78, 5) is 0. The zero-order chi connectivity index (χ0) is 13.1. The van der Waals surface area contributed by atoms with Gasteiger partial charge in [0.1, 0.15) is 17.8 Å². The molecule has 2 aromatic rings. The van der Waals surface area contributed by atoms with Crippen molar-refractivity contribution in [1.82, 2.24) is 14.8 Å². The normalized spacial score (nSPS) is 10.7. The molecule has 0 amide bonds. The van der Waals surface area contributed by atoms with Crippen LogP contribution >= 0.6 is 0 Å². The van der Waals surface area contributed by atoms with E-state index in [-0.39, 0.29) is 0 Å². The average Bonchev–Trinajstić information content (AvgIpc) is 2.87. The van der Waals surface area contributed by atoms with Gasteiger partial charge >= 0.3 is 0 Å². The van der Waals surface area contributed by atoms with Gasteiger partial charge < -0.3 is 14.0 Å². The zero-order valence-corrected chi connectivity index (χ0v) is 11.0. The monoisotopic (exact) mass is 247 g/mol. The smallest absolute Gasteiger partial charge is 0.164 e. The van der Waals surface area contributed by atoms with Gasteiger partial charge in [0.15, 0.2) is 5.82 Å². The predicted molar refractivity (Wildman–Crippen MR) is 68.9 cm³/mol. The van der Waals surface area contributed by atoms with Crippen molar-refractivity contribution in [3.63, 3.8) is 0 Å². The molecule has 1 heterocycles. The van der Waals surface area contributed by atoms with E-state index in [2.05, 4.69) is 24.0 Å². The fraction of sp³-hybridized carbons (Fsp3) is 0.385. The highest BCUT2D eigenvalue weighted by Gasteiger charge is 2.12. The van der Waals surface area contributed by atoms with E-state index in [1.807, 2.05) is 22.8 Å². The average molecular weight is 247 g/mol. The van der Waals surface area contributed by atoms with Crippen LogP contribution in [-0.4, -0.2) is 29.0 Å². The van der Waals surface area contributed by atoms with Gasteiger partial charge in [0.05, 0.1) is 14.2 Å². The lowest BCUT2D eigenvalue weighted by Crippen LogP contribution is -2.02. The van der Waals surface area contributed by atoms with Crippen molar-refractivity contribution >= 4 is 0 Å². The van der Waals surface area contributed by atoms with E-state index in [0.717, 1.165) is 22.9 Å². The van der Waals surface area contributed by atoms with E-state index in [1.165, 1.54) is 0 Å². The summed E-state index contributed by atoms with van der Waals surface area (Å²) in [6, 6.07) is 5.98. The maximum Gasteiger partial charge on any atom is 0.164 e. The summed E-state index contributed by atoms with van der Waals surface area (Å²) in [6.45, 7) is 4.18. The molecular formula is C13H17N3O2. The van der Waals surface area contributed by atoms with Gasteiger partial charge in [-0.1, -0.05) is 0 Å². The summed E-state index contributed by atoms with van der Waals surface area (Å²) < 4.78 is 12.5. The SMILES string of the molecule is COc1cc(OC)cc(-c2nncn2C(C)C)c1. The van der Waals surface area contributed by atoms with Gasteiger partial charge in [-0.25, -0.2) is 0 Å². The number of rotatable bonds is 4. The molecule has 0 N–H and O–H groups in total. The molecule has 96 valence electrons. The number of hydrogen-bond donors (Lipinski definition) is 0. The van der Waals surface area contributed by atoms with Crippen LogP contribution in [0.3, 0.4) is 0 Å². The lowest BCUT2D eigenvalue weighted by molar-refractivity contribution is 0.394. The maximum absolute atomic E-state index is 5.26. The Bertz CT molecular complexity index is 513. The molecule has 2 rings (SSSR count). The third-order valence-electron chi connectivity index (χ3n) is 2.74. The molecule has 0 aliphatic heterocycles. The van der Waals surface area contributed by atoms with Gasteiger partial charge in [0, 0.05) is 17.7 Å². The zero-order valence-electron chi connectivity index (χ0n) is 11.0. The second-order valence-electron chi connectivity index (χ2n) is 4.26. The van der Waals surface area contributed by atoms with Crippen LogP contribution in [0.2, 0.25) is 0 Å². The molecule has 0 fully saturated rings. The van der Waals surface area contributed by atoms with Gasteiger partial charge in [0.25, 0.3) is 0 Å². The largest absolute Gasteiger partial charge is 0.497 e. The lowest BCUT2D eigenvalue weighted by Gasteiger charge is -2.12. The molecule has 0 unspecified atom stereocenters. The Kier molecular flexibility index (Phi) is 3.50. The molecule has 1 aromatic heterocycles. The van der Waals surface area contributed by atoms with Crippen LogP contribution < -0.4 is 9.47 Å². The van der Waals surface area contributed by atoms with Crippen LogP contribution in [0, 0.1) is 0 Å². The number of nitrogens with zero attached hydrogens (tertiary/aromatic N) is 3. The first-order chi connectivity index (χ1) is 8.65. The van der Waals surface area contributed by atoms with E-state index in [9.17, 15) is 0 Å². The lowest BCUT2D eigenvalue weighted by atomic mass is 10.1. The van der Waals surface area contributed by atoms with Crippen LogP contribution in [0.15, 0.2) is 24.5 Å². The van der Waals surface area contributed by atoms with Gasteiger partial charge in [0.2, 0.25) is 0 Å². The quantitative estimate of drug-likeness (QED) is 0.833. The van der Waals surface area contributed by atoms with Crippen LogP contribution in [0.1, 0.15) is 19.9 Å². The molecule has 5 heteroatoms. The van der Waals surface area contributed by atoms with E-state index in [4.69, 9.17) is 9.47 Å². The second kappa shape index (κ2) is 5.08. The van der Waals surface area contributed by atoms with Crippen molar-refractivity contribution < 1.29 is 9.47 Å². The Morgan fingerprint density at radius 1 is 1.06 bits per heavy atom. The first-order valence-electron chi connectivity index (χ1n) is 5.78. The number of methoxy groups -OCH3 is 2. The molecule has 0 radical (unpaired) electrons. The van der Waals surface area contributed by atoms with Crippen molar-refractivity contribution in [3.8, 4) is 22.9 Å². The molecule has 0 saturated carbocycles. The highest BCUT2D eigenvalue weighted by molar-refractivity contribution is 5.61. The van der Waals surface area contributed by atoms with Crippen LogP contribution in [-0.2, 0) is 0 Å². The summed E-state index contributed by atoms with van der Waals surface area (Å²) >= 11 is 0. The van der Waals surface area contributed by atoms with Crippen LogP contribution in [0.4, 0.5) is 0 Å². The van der Waals surface area contributed by atoms with Gasteiger partial charge in [-0.05, 0) is 26.0 Å². The number of aromatic nitrogens is 3. The topological polar surface area (TPSA) is 49.2 Å². The Labute approximate surface area is 106 Å². The third-order valence-corrected chi connectivity index (χ3v) is 2.74. The Hall–Kier alpha value is -2.04. The Balaban J connectivity index is 2.52. The van der Waals surface area contributed by atoms with Crippen molar-refractivity contribution in [1.29, 1.82) is 0 Å². The van der Waals surface area contributed by atoms with Crippen molar-refractivity contribution in [3.05, 3.63) is 24.5 Å². The van der Waals surface area contributed by atoms with Crippen molar-refractivity contribution in [2.75, 3.05) is 14.2 Å². The third kappa shape index (κ3) is 2.30. The molecule has 0 atom stereocenters. The standard InChI is InChI=1S/C13H17N3O2/c1-9(2)16-8-14-15-13(16)10-5-11(17-3)7-12(6-10)18-4/h5-9H,1-4H3. The minimum atomic E-state index is 0.298.